The monoisotopic (exact) mass is 294 g/mol. The van der Waals surface area contributed by atoms with Crippen molar-refractivity contribution in [2.24, 2.45) is 0 Å². The number of halogens is 1. The molecular formula is C12H11BrN2O2. The lowest BCUT2D eigenvalue weighted by molar-refractivity contribution is 0.205. The van der Waals surface area contributed by atoms with E-state index in [1.165, 1.54) is 0 Å². The zero-order chi connectivity index (χ0) is 12.1. The summed E-state index contributed by atoms with van der Waals surface area (Å²) < 4.78 is 5.51. The van der Waals surface area contributed by atoms with Crippen LogP contribution >= 0.6 is 15.9 Å². The SMILES string of the molecule is OC(CBr)c1cccc(Oc2cccnn2)c1. The molecule has 1 N–H and O–H groups in total. The van der Waals surface area contributed by atoms with Crippen LogP contribution in [0.3, 0.4) is 0 Å². The van der Waals surface area contributed by atoms with E-state index in [1.807, 2.05) is 12.1 Å². The average molecular weight is 295 g/mol. The number of aliphatic hydroxyl groups excluding tert-OH is 1. The van der Waals surface area contributed by atoms with Crippen LogP contribution in [0, 0.1) is 0 Å². The fraction of sp³-hybridized carbons (Fsp3) is 0.167. The van der Waals surface area contributed by atoms with Gasteiger partial charge in [0.15, 0.2) is 0 Å². The molecule has 0 spiro atoms. The number of benzene rings is 1. The number of alkyl halides is 1. The third-order valence-corrected chi connectivity index (χ3v) is 2.77. The Morgan fingerprint density at radius 1 is 1.29 bits per heavy atom. The van der Waals surface area contributed by atoms with E-state index in [0.717, 1.165) is 5.56 Å². The first-order valence-electron chi connectivity index (χ1n) is 5.09. The Labute approximate surface area is 107 Å². The Morgan fingerprint density at radius 2 is 2.18 bits per heavy atom. The highest BCUT2D eigenvalue weighted by atomic mass is 79.9. The van der Waals surface area contributed by atoms with Crippen molar-refractivity contribution < 1.29 is 9.84 Å². The molecule has 17 heavy (non-hydrogen) atoms. The summed E-state index contributed by atoms with van der Waals surface area (Å²) in [4.78, 5) is 0. The summed E-state index contributed by atoms with van der Waals surface area (Å²) in [6.45, 7) is 0. The minimum absolute atomic E-state index is 0.429. The van der Waals surface area contributed by atoms with Gasteiger partial charge in [0.1, 0.15) is 5.75 Å². The molecule has 0 amide bonds. The van der Waals surface area contributed by atoms with Crippen molar-refractivity contribution >= 4 is 15.9 Å². The van der Waals surface area contributed by atoms with Gasteiger partial charge >= 0.3 is 0 Å². The molecule has 1 unspecified atom stereocenters. The maximum absolute atomic E-state index is 9.69. The third kappa shape index (κ3) is 3.25. The first-order valence-corrected chi connectivity index (χ1v) is 6.21. The molecule has 0 saturated carbocycles. The van der Waals surface area contributed by atoms with Crippen LogP contribution in [-0.4, -0.2) is 20.6 Å². The molecule has 4 nitrogen and oxygen atoms in total. The van der Waals surface area contributed by atoms with Crippen molar-refractivity contribution in [3.8, 4) is 11.6 Å². The number of aliphatic hydroxyl groups is 1. The van der Waals surface area contributed by atoms with Crippen LogP contribution in [0.5, 0.6) is 11.6 Å². The Kier molecular flexibility index (Phi) is 4.06. The molecule has 1 aromatic heterocycles. The van der Waals surface area contributed by atoms with Crippen molar-refractivity contribution in [3.63, 3.8) is 0 Å². The third-order valence-electron chi connectivity index (χ3n) is 2.16. The quantitative estimate of drug-likeness (QED) is 0.881. The molecule has 0 aliphatic rings. The van der Waals surface area contributed by atoms with Gasteiger partial charge in [-0.25, -0.2) is 0 Å². The number of nitrogens with zero attached hydrogens (tertiary/aromatic N) is 2. The molecule has 2 rings (SSSR count). The van der Waals surface area contributed by atoms with Gasteiger partial charge in [-0.2, -0.15) is 5.10 Å². The highest BCUT2D eigenvalue weighted by Crippen LogP contribution is 2.23. The van der Waals surface area contributed by atoms with Crippen LogP contribution in [0.25, 0.3) is 0 Å². The molecule has 88 valence electrons. The molecule has 0 saturated heterocycles. The molecule has 0 bridgehead atoms. The van der Waals surface area contributed by atoms with E-state index < -0.39 is 6.10 Å². The lowest BCUT2D eigenvalue weighted by Gasteiger charge is -2.09. The number of hydrogen-bond acceptors (Lipinski definition) is 4. The molecule has 5 heteroatoms. The standard InChI is InChI=1S/C12H11BrN2O2/c13-8-11(16)9-3-1-4-10(7-9)17-12-5-2-6-14-15-12/h1-7,11,16H,8H2. The van der Waals surface area contributed by atoms with Crippen molar-refractivity contribution in [1.82, 2.24) is 10.2 Å². The average Bonchev–Trinajstić information content (AvgIpc) is 2.39. The Bertz CT molecular complexity index is 479. The molecular weight excluding hydrogens is 284 g/mol. The summed E-state index contributed by atoms with van der Waals surface area (Å²) in [7, 11) is 0. The molecule has 2 aromatic rings. The zero-order valence-corrected chi connectivity index (χ0v) is 10.5. The van der Waals surface area contributed by atoms with Gasteiger partial charge in [0.05, 0.1) is 6.10 Å². The molecule has 0 aliphatic carbocycles. The van der Waals surface area contributed by atoms with Crippen molar-refractivity contribution in [2.45, 2.75) is 6.10 Å². The summed E-state index contributed by atoms with van der Waals surface area (Å²) in [6, 6.07) is 10.7. The fourth-order valence-electron chi connectivity index (χ4n) is 1.34. The van der Waals surface area contributed by atoms with Crippen LogP contribution in [0.1, 0.15) is 11.7 Å². The Morgan fingerprint density at radius 3 is 2.88 bits per heavy atom. The summed E-state index contributed by atoms with van der Waals surface area (Å²) in [5, 5.41) is 17.7. The lowest BCUT2D eigenvalue weighted by atomic mass is 10.1. The van der Waals surface area contributed by atoms with Crippen LogP contribution in [-0.2, 0) is 0 Å². The van der Waals surface area contributed by atoms with Crippen LogP contribution in [0.2, 0.25) is 0 Å². The first kappa shape index (κ1) is 12.0. The molecule has 1 atom stereocenters. The normalized spacial score (nSPS) is 12.1. The number of rotatable bonds is 4. The maximum atomic E-state index is 9.69. The number of ether oxygens (including phenoxy) is 1. The van der Waals surface area contributed by atoms with Gasteiger partial charge in [-0.3, -0.25) is 0 Å². The molecule has 1 aromatic carbocycles. The van der Waals surface area contributed by atoms with E-state index >= 15 is 0 Å². The summed E-state index contributed by atoms with van der Waals surface area (Å²) in [5.41, 5.74) is 0.795. The van der Waals surface area contributed by atoms with E-state index in [1.54, 1.807) is 30.5 Å². The Hall–Kier alpha value is -1.46. The van der Waals surface area contributed by atoms with Crippen molar-refractivity contribution in [3.05, 3.63) is 48.2 Å². The van der Waals surface area contributed by atoms with E-state index in [9.17, 15) is 5.11 Å². The van der Waals surface area contributed by atoms with Gasteiger partial charge in [0.2, 0.25) is 5.88 Å². The maximum Gasteiger partial charge on any atom is 0.238 e. The summed E-state index contributed by atoms with van der Waals surface area (Å²) >= 11 is 3.23. The van der Waals surface area contributed by atoms with Gasteiger partial charge in [0, 0.05) is 17.6 Å². The lowest BCUT2D eigenvalue weighted by Crippen LogP contribution is -1.98. The second kappa shape index (κ2) is 5.75. The minimum atomic E-state index is -0.541. The number of hydrogen-bond donors (Lipinski definition) is 1. The second-order valence-electron chi connectivity index (χ2n) is 3.41. The highest BCUT2D eigenvalue weighted by molar-refractivity contribution is 9.09. The van der Waals surface area contributed by atoms with Gasteiger partial charge in [-0.1, -0.05) is 28.1 Å². The topological polar surface area (TPSA) is 55.2 Å². The summed E-state index contributed by atoms with van der Waals surface area (Å²) in [5.74, 6) is 1.06. The first-order chi connectivity index (χ1) is 8.29. The second-order valence-corrected chi connectivity index (χ2v) is 4.05. The van der Waals surface area contributed by atoms with E-state index in [2.05, 4.69) is 26.1 Å². The van der Waals surface area contributed by atoms with E-state index in [0.29, 0.717) is 17.0 Å². The van der Waals surface area contributed by atoms with Crippen LogP contribution in [0.4, 0.5) is 0 Å². The highest BCUT2D eigenvalue weighted by Gasteiger charge is 2.07. The zero-order valence-electron chi connectivity index (χ0n) is 8.95. The predicted octanol–water partition coefficient (Wildman–Crippen LogP) is 2.70. The minimum Gasteiger partial charge on any atom is -0.438 e. The molecule has 0 aliphatic heterocycles. The van der Waals surface area contributed by atoms with Gasteiger partial charge in [-0.15, -0.1) is 5.10 Å². The molecule has 0 fully saturated rings. The van der Waals surface area contributed by atoms with Gasteiger partial charge < -0.3 is 9.84 Å². The van der Waals surface area contributed by atoms with Gasteiger partial charge in [-0.05, 0) is 23.8 Å². The predicted molar refractivity (Wildman–Crippen MR) is 67.3 cm³/mol. The van der Waals surface area contributed by atoms with Crippen LogP contribution < -0.4 is 4.74 Å². The smallest absolute Gasteiger partial charge is 0.238 e. The molecule has 1 heterocycles. The van der Waals surface area contributed by atoms with E-state index in [-0.39, 0.29) is 0 Å². The fourth-order valence-corrected chi connectivity index (χ4v) is 1.71. The number of aromatic nitrogens is 2. The van der Waals surface area contributed by atoms with Crippen molar-refractivity contribution in [2.75, 3.05) is 5.33 Å². The summed E-state index contributed by atoms with van der Waals surface area (Å²) in [6.07, 6.45) is 1.04. The van der Waals surface area contributed by atoms with Crippen molar-refractivity contribution in [1.29, 1.82) is 0 Å². The van der Waals surface area contributed by atoms with Gasteiger partial charge in [0.25, 0.3) is 0 Å². The van der Waals surface area contributed by atoms with E-state index in [4.69, 9.17) is 4.74 Å². The Balaban J connectivity index is 2.17. The largest absolute Gasteiger partial charge is 0.438 e. The van der Waals surface area contributed by atoms with Crippen LogP contribution in [0.15, 0.2) is 42.6 Å². The molecule has 0 radical (unpaired) electrons.